The molecule has 0 aromatic carbocycles. The molecule has 0 fully saturated rings. The lowest BCUT2D eigenvalue weighted by atomic mass is 10.1. The lowest BCUT2D eigenvalue weighted by Crippen LogP contribution is -2.23. The SMILES string of the molecule is CN=Cc1cc(Nc2cc(C)nc(-c3ccc(C(=O)NCc4ccc(-c5ccc(OC)nc5)nc4)nc3)n2)ns1. The predicted octanol–water partition coefficient (Wildman–Crippen LogP) is 4.49. The lowest BCUT2D eigenvalue weighted by Gasteiger charge is -2.08. The highest BCUT2D eigenvalue weighted by molar-refractivity contribution is 7.08. The summed E-state index contributed by atoms with van der Waals surface area (Å²) in [5, 5.41) is 6.08. The number of amides is 1. The quantitative estimate of drug-likeness (QED) is 0.254. The van der Waals surface area contributed by atoms with E-state index in [0.29, 0.717) is 35.4 Å². The highest BCUT2D eigenvalue weighted by Crippen LogP contribution is 2.22. The van der Waals surface area contributed by atoms with Gasteiger partial charge in [0.25, 0.3) is 5.91 Å². The number of hydrogen-bond acceptors (Lipinski definition) is 11. The summed E-state index contributed by atoms with van der Waals surface area (Å²) in [6.45, 7) is 2.20. The van der Waals surface area contributed by atoms with Crippen LogP contribution in [0.2, 0.25) is 0 Å². The van der Waals surface area contributed by atoms with Gasteiger partial charge in [-0.2, -0.15) is 4.37 Å². The number of aliphatic imine (C=N–C) groups is 1. The number of pyridine rings is 3. The molecule has 0 aliphatic carbocycles. The zero-order valence-corrected chi connectivity index (χ0v) is 22.8. The molecule has 1 amide bonds. The van der Waals surface area contributed by atoms with Crippen molar-refractivity contribution in [1.82, 2.24) is 34.6 Å². The van der Waals surface area contributed by atoms with E-state index in [4.69, 9.17) is 4.74 Å². The predicted molar refractivity (Wildman–Crippen MR) is 154 cm³/mol. The van der Waals surface area contributed by atoms with Crippen LogP contribution in [0, 0.1) is 6.92 Å². The fourth-order valence-corrected chi connectivity index (χ4v) is 4.33. The van der Waals surface area contributed by atoms with Crippen molar-refractivity contribution < 1.29 is 9.53 Å². The summed E-state index contributed by atoms with van der Waals surface area (Å²) in [5.41, 5.74) is 4.27. The number of carbonyl (C=O) groups is 1. The molecule has 0 aliphatic rings. The number of nitrogens with one attached hydrogen (secondary N) is 2. The Kier molecular flexibility index (Phi) is 8.07. The third kappa shape index (κ3) is 6.48. The molecule has 0 saturated heterocycles. The van der Waals surface area contributed by atoms with E-state index >= 15 is 0 Å². The molecule has 0 bridgehead atoms. The summed E-state index contributed by atoms with van der Waals surface area (Å²) in [6, 6.07) is 14.6. The van der Waals surface area contributed by atoms with Gasteiger partial charge in [-0.3, -0.25) is 19.8 Å². The number of aromatic nitrogens is 6. The van der Waals surface area contributed by atoms with Crippen molar-refractivity contribution in [2.45, 2.75) is 13.5 Å². The van der Waals surface area contributed by atoms with Crippen molar-refractivity contribution in [2.24, 2.45) is 4.99 Å². The van der Waals surface area contributed by atoms with Crippen molar-refractivity contribution >= 4 is 35.3 Å². The average molecular weight is 552 g/mol. The normalized spacial score (nSPS) is 11.0. The molecule has 12 heteroatoms. The van der Waals surface area contributed by atoms with Gasteiger partial charge in [0, 0.05) is 73.4 Å². The molecule has 2 N–H and O–H groups in total. The standard InChI is InChI=1S/C28H25N9O2S/c1-17-10-24(35-25-11-21(16-29-2)40-37-25)36-27(34-17)20-5-8-23(31-15-20)28(38)33-13-18-4-7-22(30-12-18)19-6-9-26(39-3)32-14-19/h4-12,14-16H,13H2,1-3H3,(H,33,38)(H,34,35,36,37). The molecule has 5 aromatic heterocycles. The van der Waals surface area contributed by atoms with Gasteiger partial charge in [-0.1, -0.05) is 6.07 Å². The zero-order valence-electron chi connectivity index (χ0n) is 22.0. The van der Waals surface area contributed by atoms with E-state index in [1.54, 1.807) is 57.2 Å². The van der Waals surface area contributed by atoms with Gasteiger partial charge in [-0.05, 0) is 48.3 Å². The molecule has 200 valence electrons. The molecule has 0 spiro atoms. The third-order valence-corrected chi connectivity index (χ3v) is 6.39. The van der Waals surface area contributed by atoms with E-state index in [2.05, 4.69) is 44.9 Å². The summed E-state index contributed by atoms with van der Waals surface area (Å²) in [5.74, 6) is 2.03. The average Bonchev–Trinajstić information content (AvgIpc) is 3.42. The number of anilines is 2. The topological polar surface area (TPSA) is 140 Å². The van der Waals surface area contributed by atoms with Gasteiger partial charge >= 0.3 is 0 Å². The van der Waals surface area contributed by atoms with Crippen LogP contribution in [0.15, 0.2) is 72.1 Å². The maximum absolute atomic E-state index is 12.7. The van der Waals surface area contributed by atoms with Crippen LogP contribution >= 0.6 is 11.5 Å². The number of nitrogens with zero attached hydrogens (tertiary/aromatic N) is 7. The van der Waals surface area contributed by atoms with Crippen LogP contribution in [-0.4, -0.2) is 55.6 Å². The first kappa shape index (κ1) is 26.5. The van der Waals surface area contributed by atoms with Gasteiger partial charge in [-0.25, -0.2) is 15.0 Å². The number of rotatable bonds is 9. The van der Waals surface area contributed by atoms with E-state index in [9.17, 15) is 4.79 Å². The molecular weight excluding hydrogens is 526 g/mol. The molecule has 5 heterocycles. The van der Waals surface area contributed by atoms with Crippen LogP contribution in [0.4, 0.5) is 11.6 Å². The molecular formula is C28H25N9O2S. The van der Waals surface area contributed by atoms with Crippen molar-refractivity contribution in [3.63, 3.8) is 0 Å². The Hall–Kier alpha value is -5.10. The maximum atomic E-state index is 12.7. The summed E-state index contributed by atoms with van der Waals surface area (Å²) < 4.78 is 9.46. The molecule has 5 aromatic rings. The van der Waals surface area contributed by atoms with E-state index in [1.165, 1.54) is 11.5 Å². The van der Waals surface area contributed by atoms with Gasteiger partial charge in [0.15, 0.2) is 5.82 Å². The molecule has 0 unspecified atom stereocenters. The molecule has 0 saturated carbocycles. The number of hydrogen-bond donors (Lipinski definition) is 2. The molecule has 0 aliphatic heterocycles. The Morgan fingerprint density at radius 1 is 0.975 bits per heavy atom. The van der Waals surface area contributed by atoms with Crippen molar-refractivity contribution in [1.29, 1.82) is 0 Å². The summed E-state index contributed by atoms with van der Waals surface area (Å²) in [7, 11) is 3.29. The van der Waals surface area contributed by atoms with Gasteiger partial charge < -0.3 is 15.4 Å². The van der Waals surface area contributed by atoms with E-state index in [1.807, 2.05) is 37.3 Å². The van der Waals surface area contributed by atoms with E-state index in [0.717, 1.165) is 27.4 Å². The van der Waals surface area contributed by atoms with E-state index < -0.39 is 0 Å². The fraction of sp³-hybridized carbons (Fsp3) is 0.143. The minimum atomic E-state index is -0.294. The number of carbonyl (C=O) groups excluding carboxylic acids is 1. The highest BCUT2D eigenvalue weighted by Gasteiger charge is 2.11. The number of aryl methyl sites for hydroxylation is 1. The van der Waals surface area contributed by atoms with Crippen molar-refractivity contribution in [3.8, 4) is 28.5 Å². The van der Waals surface area contributed by atoms with Crippen LogP contribution in [-0.2, 0) is 6.54 Å². The minimum absolute atomic E-state index is 0.288. The monoisotopic (exact) mass is 551 g/mol. The van der Waals surface area contributed by atoms with Crippen LogP contribution in [0.5, 0.6) is 5.88 Å². The van der Waals surface area contributed by atoms with Crippen LogP contribution < -0.4 is 15.4 Å². The smallest absolute Gasteiger partial charge is 0.270 e. The Balaban J connectivity index is 1.21. The Labute approximate surface area is 234 Å². The first-order valence-corrected chi connectivity index (χ1v) is 13.0. The Bertz CT molecular complexity index is 1630. The summed E-state index contributed by atoms with van der Waals surface area (Å²) in [4.78, 5) is 39.8. The fourth-order valence-electron chi connectivity index (χ4n) is 3.71. The van der Waals surface area contributed by atoms with Crippen molar-refractivity contribution in [2.75, 3.05) is 19.5 Å². The molecule has 0 radical (unpaired) electrons. The van der Waals surface area contributed by atoms with Gasteiger partial charge in [0.1, 0.15) is 17.3 Å². The number of ether oxygens (including phenoxy) is 1. The lowest BCUT2D eigenvalue weighted by molar-refractivity contribution is 0.0946. The van der Waals surface area contributed by atoms with Crippen molar-refractivity contribution in [3.05, 3.63) is 88.9 Å². The van der Waals surface area contributed by atoms with Gasteiger partial charge in [0.05, 0.1) is 17.7 Å². The molecule has 11 nitrogen and oxygen atoms in total. The minimum Gasteiger partial charge on any atom is -0.481 e. The van der Waals surface area contributed by atoms with Gasteiger partial charge in [-0.15, -0.1) is 0 Å². The molecule has 0 atom stereocenters. The zero-order chi connectivity index (χ0) is 27.9. The Morgan fingerprint density at radius 2 is 1.82 bits per heavy atom. The second-order valence-electron chi connectivity index (χ2n) is 8.60. The second-order valence-corrected chi connectivity index (χ2v) is 9.44. The number of methoxy groups -OCH3 is 1. The van der Waals surface area contributed by atoms with Crippen LogP contribution in [0.1, 0.15) is 26.6 Å². The van der Waals surface area contributed by atoms with Crippen LogP contribution in [0.3, 0.4) is 0 Å². The van der Waals surface area contributed by atoms with Gasteiger partial charge in [0.2, 0.25) is 5.88 Å². The molecule has 5 rings (SSSR count). The van der Waals surface area contributed by atoms with E-state index in [-0.39, 0.29) is 11.6 Å². The first-order valence-electron chi connectivity index (χ1n) is 12.2. The Morgan fingerprint density at radius 3 is 2.52 bits per heavy atom. The maximum Gasteiger partial charge on any atom is 0.270 e. The second kappa shape index (κ2) is 12.2. The highest BCUT2D eigenvalue weighted by atomic mass is 32.1. The van der Waals surface area contributed by atoms with Crippen LogP contribution in [0.25, 0.3) is 22.6 Å². The first-order chi connectivity index (χ1) is 19.5. The third-order valence-electron chi connectivity index (χ3n) is 5.67. The summed E-state index contributed by atoms with van der Waals surface area (Å²) >= 11 is 1.34. The summed E-state index contributed by atoms with van der Waals surface area (Å²) in [6.07, 6.45) is 6.76. The largest absolute Gasteiger partial charge is 0.481 e. The molecule has 40 heavy (non-hydrogen) atoms.